The Morgan fingerprint density at radius 1 is 0.708 bits per heavy atom. The van der Waals surface area contributed by atoms with Gasteiger partial charge in [0, 0.05) is 52.4 Å². The fourth-order valence-corrected chi connectivity index (χ4v) is 8.59. The van der Waals surface area contributed by atoms with E-state index in [-0.39, 0.29) is 12.2 Å². The van der Waals surface area contributed by atoms with Crippen molar-refractivity contribution in [3.8, 4) is 0 Å². The summed E-state index contributed by atoms with van der Waals surface area (Å²) in [7, 11) is -2.53. The molecule has 4 fully saturated rings. The van der Waals surface area contributed by atoms with Crippen molar-refractivity contribution in [2.75, 3.05) is 52.4 Å². The maximum Gasteiger partial charge on any atom is 0.346 e. The van der Waals surface area contributed by atoms with Gasteiger partial charge in [-0.25, -0.2) is 18.7 Å². The fraction of sp³-hybridized carbons (Fsp3) is 1.00. The number of rotatable bonds is 8. The molecule has 4 aliphatic rings. The molecule has 4 rings (SSSR count). The molecule has 0 spiro atoms. The Balaban J connectivity index is 0.000000141. The van der Waals surface area contributed by atoms with Crippen molar-refractivity contribution in [1.29, 1.82) is 0 Å². The summed E-state index contributed by atoms with van der Waals surface area (Å²) in [6.45, 7) is 14.6. The van der Waals surface area contributed by atoms with E-state index in [0.717, 1.165) is 52.4 Å². The molecule has 4 saturated heterocycles. The van der Waals surface area contributed by atoms with Crippen LogP contribution < -0.4 is 0 Å². The van der Waals surface area contributed by atoms with Gasteiger partial charge in [0.1, 0.15) is 0 Å². The molecule has 0 N–H and O–H groups in total. The summed E-state index contributed by atoms with van der Waals surface area (Å²) in [5, 5.41) is 0. The maximum atomic E-state index is 12.2. The lowest BCUT2D eigenvalue weighted by Crippen LogP contribution is -2.12. The monoisotopic (exact) mass is 396 g/mol. The molecule has 0 aliphatic carbocycles. The van der Waals surface area contributed by atoms with Crippen molar-refractivity contribution >= 4 is 26.0 Å². The van der Waals surface area contributed by atoms with Crippen molar-refractivity contribution in [3.63, 3.8) is 0 Å². The average Bonchev–Trinajstić information content (AvgIpc) is 3.39. The van der Waals surface area contributed by atoms with Crippen LogP contribution in [-0.2, 0) is 25.4 Å². The Hall–Kier alpha value is 0.640. The van der Waals surface area contributed by atoms with Gasteiger partial charge in [-0.2, -0.15) is 0 Å². The van der Waals surface area contributed by atoms with Crippen LogP contribution >= 0.6 is 14.2 Å². The van der Waals surface area contributed by atoms with E-state index in [2.05, 4.69) is 23.2 Å². The molecule has 10 heteroatoms. The molecule has 0 saturated carbocycles. The number of hydrogen-bond donors (Lipinski definition) is 0. The Bertz CT molecular complexity index is 466. The highest BCUT2D eigenvalue weighted by molar-refractivity contribution is 8.10. The second kappa shape index (κ2) is 7.34. The van der Waals surface area contributed by atoms with Crippen LogP contribution in [0.5, 0.6) is 0 Å². The highest BCUT2D eigenvalue weighted by Crippen LogP contribution is 2.62. The van der Waals surface area contributed by atoms with Gasteiger partial charge in [-0.05, 0) is 39.5 Å². The van der Waals surface area contributed by atoms with Gasteiger partial charge in [-0.15, -0.1) is 0 Å². The van der Waals surface area contributed by atoms with E-state index < -0.39 is 14.2 Å². The SMILES string of the molecule is CC(C)OP(=O)(N1CC1)N1CC1.CC(C)OP(=S)(N1CC1)N1CC1. The third-order valence-corrected chi connectivity index (χ3v) is 11.3. The molecule has 4 heterocycles. The van der Waals surface area contributed by atoms with Gasteiger partial charge in [0.25, 0.3) is 0 Å². The van der Waals surface area contributed by atoms with Crippen molar-refractivity contribution < 1.29 is 13.6 Å². The van der Waals surface area contributed by atoms with Crippen LogP contribution in [0.1, 0.15) is 27.7 Å². The normalized spacial score (nSPS) is 24.9. The molecule has 0 aromatic heterocycles. The molecule has 24 heavy (non-hydrogen) atoms. The zero-order valence-corrected chi connectivity index (χ0v) is 17.7. The van der Waals surface area contributed by atoms with E-state index in [1.807, 2.05) is 23.2 Å². The minimum atomic E-state index is -2.53. The summed E-state index contributed by atoms with van der Waals surface area (Å²) < 4.78 is 32.0. The first kappa shape index (κ1) is 19.4. The third-order valence-electron chi connectivity index (χ3n) is 3.82. The molecule has 140 valence electrons. The van der Waals surface area contributed by atoms with Gasteiger partial charge in [-0.1, -0.05) is 0 Å². The van der Waals surface area contributed by atoms with E-state index in [1.165, 1.54) is 0 Å². The lowest BCUT2D eigenvalue weighted by molar-refractivity contribution is 0.214. The first-order valence-corrected chi connectivity index (χ1v) is 13.0. The van der Waals surface area contributed by atoms with Crippen molar-refractivity contribution in [2.45, 2.75) is 39.9 Å². The molecule has 0 aromatic rings. The summed E-state index contributed by atoms with van der Waals surface area (Å²) in [4.78, 5) is 0. The van der Waals surface area contributed by atoms with Gasteiger partial charge in [0.2, 0.25) is 6.57 Å². The van der Waals surface area contributed by atoms with Crippen molar-refractivity contribution in [1.82, 2.24) is 18.7 Å². The topological polar surface area (TPSA) is 47.6 Å². The van der Waals surface area contributed by atoms with Crippen LogP contribution in [0, 0.1) is 0 Å². The van der Waals surface area contributed by atoms with Crippen LogP contribution in [0.15, 0.2) is 0 Å². The predicted octanol–water partition coefficient (Wildman–Crippen LogP) is 2.42. The molecular weight excluding hydrogens is 366 g/mol. The van der Waals surface area contributed by atoms with Gasteiger partial charge >= 0.3 is 7.67 Å². The molecule has 0 atom stereocenters. The van der Waals surface area contributed by atoms with Gasteiger partial charge in [0.15, 0.2) is 0 Å². The average molecular weight is 396 g/mol. The quantitative estimate of drug-likeness (QED) is 0.458. The van der Waals surface area contributed by atoms with Crippen molar-refractivity contribution in [3.05, 3.63) is 0 Å². The molecule has 0 unspecified atom stereocenters. The molecule has 0 amide bonds. The van der Waals surface area contributed by atoms with Gasteiger partial charge < -0.3 is 9.05 Å². The smallest absolute Gasteiger partial charge is 0.324 e. The second-order valence-corrected chi connectivity index (χ2v) is 13.2. The molecular formula is C14H30N4O3P2S. The Labute approximate surface area is 151 Å². The fourth-order valence-electron chi connectivity index (χ4n) is 2.36. The highest BCUT2D eigenvalue weighted by atomic mass is 32.5. The Morgan fingerprint density at radius 2 is 1.04 bits per heavy atom. The standard InChI is InChI=1S/C7H15N2O2P.C7H15N2OPS/c1-7(2)11-12(10,8-3-4-8)9-5-6-9;1-7(2)10-11(12,8-3-4-8)9-5-6-9/h2*7H,3-6H2,1-2H3. The van der Waals surface area contributed by atoms with E-state index in [9.17, 15) is 4.57 Å². The van der Waals surface area contributed by atoms with Gasteiger partial charge in [-0.3, -0.25) is 4.57 Å². The minimum Gasteiger partial charge on any atom is -0.324 e. The summed E-state index contributed by atoms with van der Waals surface area (Å²) in [5.41, 5.74) is 0. The van der Waals surface area contributed by atoms with Crippen molar-refractivity contribution in [2.24, 2.45) is 0 Å². The first-order chi connectivity index (χ1) is 11.3. The first-order valence-electron chi connectivity index (χ1n) is 8.84. The number of nitrogens with zero attached hydrogens (tertiary/aromatic N) is 4. The molecule has 4 aliphatic heterocycles. The van der Waals surface area contributed by atoms with E-state index in [4.69, 9.17) is 20.9 Å². The second-order valence-electron chi connectivity index (χ2n) is 7.10. The maximum absolute atomic E-state index is 12.2. The molecule has 0 radical (unpaired) electrons. The van der Waals surface area contributed by atoms with E-state index in [1.54, 1.807) is 0 Å². The number of hydrogen-bond acceptors (Lipinski definition) is 4. The lowest BCUT2D eigenvalue weighted by atomic mass is 10.5. The third kappa shape index (κ3) is 4.87. The van der Waals surface area contributed by atoms with Crippen LogP contribution in [-0.4, -0.2) is 83.2 Å². The summed E-state index contributed by atoms with van der Waals surface area (Å²) in [5.74, 6) is 0. The minimum absolute atomic E-state index is 0.0528. The zero-order chi connectivity index (χ0) is 17.5. The molecule has 0 bridgehead atoms. The van der Waals surface area contributed by atoms with Crippen LogP contribution in [0.25, 0.3) is 0 Å². The van der Waals surface area contributed by atoms with E-state index in [0.29, 0.717) is 0 Å². The molecule has 0 aromatic carbocycles. The van der Waals surface area contributed by atoms with Gasteiger partial charge in [0.05, 0.1) is 12.2 Å². The predicted molar refractivity (Wildman–Crippen MR) is 101 cm³/mol. The summed E-state index contributed by atoms with van der Waals surface area (Å²) in [6.07, 6.45) is 0.314. The summed E-state index contributed by atoms with van der Waals surface area (Å²) >= 11 is 5.59. The Kier molecular flexibility index (Phi) is 5.93. The molecule has 7 nitrogen and oxygen atoms in total. The highest BCUT2D eigenvalue weighted by Gasteiger charge is 2.49. The largest absolute Gasteiger partial charge is 0.346 e. The van der Waals surface area contributed by atoms with Crippen LogP contribution in [0.2, 0.25) is 0 Å². The summed E-state index contributed by atoms with van der Waals surface area (Å²) in [6, 6.07) is 0. The zero-order valence-electron chi connectivity index (χ0n) is 15.1. The lowest BCUT2D eigenvalue weighted by Gasteiger charge is -2.26. The van der Waals surface area contributed by atoms with Crippen LogP contribution in [0.4, 0.5) is 0 Å². The Morgan fingerprint density at radius 3 is 1.29 bits per heavy atom. The van der Waals surface area contributed by atoms with Crippen LogP contribution in [0.3, 0.4) is 0 Å². The van der Waals surface area contributed by atoms with E-state index >= 15 is 0 Å².